The quantitative estimate of drug-likeness (QED) is 0.176. The Hall–Kier alpha value is -5.90. The topological polar surface area (TPSA) is 84.0 Å². The summed E-state index contributed by atoms with van der Waals surface area (Å²) in [5.41, 5.74) is 2.94. The number of nitrogens with zero attached hydrogens (tertiary/aromatic N) is 2. The number of carbonyl (C=O) groups is 2. The first-order chi connectivity index (χ1) is 22.2. The number of halogens is 4. The van der Waals surface area contributed by atoms with Gasteiger partial charge in [0.1, 0.15) is 5.82 Å². The lowest BCUT2D eigenvalue weighted by Gasteiger charge is -2.19. The molecule has 2 amide bonds. The summed E-state index contributed by atoms with van der Waals surface area (Å²) in [5.74, 6) is -1.26. The number of aromatic nitrogens is 2. The SMILES string of the molecule is O=C(N[C@@H](c1ccc(F)cc1)c1ccccn1)c1cnc2cc(NC(=O)c3ccccc3-c3ccc(C(F)(F)F)cc3)ccc2c1. The molecule has 228 valence electrons. The maximum atomic E-state index is 13.6. The van der Waals surface area contributed by atoms with Crippen molar-refractivity contribution in [3.8, 4) is 11.1 Å². The van der Waals surface area contributed by atoms with E-state index in [4.69, 9.17) is 0 Å². The monoisotopic (exact) mass is 620 g/mol. The minimum absolute atomic E-state index is 0.283. The molecule has 0 saturated heterocycles. The van der Waals surface area contributed by atoms with Crippen molar-refractivity contribution in [3.05, 3.63) is 161 Å². The van der Waals surface area contributed by atoms with Gasteiger partial charge in [0.15, 0.2) is 0 Å². The van der Waals surface area contributed by atoms with Gasteiger partial charge < -0.3 is 10.6 Å². The number of benzene rings is 4. The zero-order valence-electron chi connectivity index (χ0n) is 23.9. The van der Waals surface area contributed by atoms with Crippen molar-refractivity contribution in [3.63, 3.8) is 0 Å². The molecule has 6 nitrogen and oxygen atoms in total. The third-order valence-corrected chi connectivity index (χ3v) is 7.36. The molecule has 0 saturated carbocycles. The van der Waals surface area contributed by atoms with Crippen molar-refractivity contribution in [2.75, 3.05) is 5.32 Å². The predicted octanol–water partition coefficient (Wildman–Crippen LogP) is 8.23. The van der Waals surface area contributed by atoms with Gasteiger partial charge in [-0.2, -0.15) is 13.2 Å². The zero-order chi connectivity index (χ0) is 32.3. The van der Waals surface area contributed by atoms with E-state index in [9.17, 15) is 27.2 Å². The van der Waals surface area contributed by atoms with Gasteiger partial charge in [0.25, 0.3) is 11.8 Å². The van der Waals surface area contributed by atoms with Crippen LogP contribution in [0.4, 0.5) is 23.2 Å². The van der Waals surface area contributed by atoms with Crippen molar-refractivity contribution < 1.29 is 27.2 Å². The number of nitrogens with one attached hydrogen (secondary N) is 2. The van der Waals surface area contributed by atoms with Gasteiger partial charge in [-0.3, -0.25) is 19.6 Å². The fourth-order valence-electron chi connectivity index (χ4n) is 5.04. The van der Waals surface area contributed by atoms with Gasteiger partial charge in [0, 0.05) is 29.0 Å². The van der Waals surface area contributed by atoms with Gasteiger partial charge >= 0.3 is 6.18 Å². The lowest BCUT2D eigenvalue weighted by Crippen LogP contribution is -2.30. The van der Waals surface area contributed by atoms with E-state index in [-0.39, 0.29) is 11.1 Å². The zero-order valence-corrected chi connectivity index (χ0v) is 23.9. The van der Waals surface area contributed by atoms with Crippen LogP contribution < -0.4 is 10.6 Å². The van der Waals surface area contributed by atoms with Crippen molar-refractivity contribution in [1.29, 1.82) is 0 Å². The Bertz CT molecular complexity index is 2030. The first kappa shape index (κ1) is 30.1. The van der Waals surface area contributed by atoms with Crippen LogP contribution in [0.15, 0.2) is 128 Å². The van der Waals surface area contributed by atoms with Gasteiger partial charge in [-0.1, -0.05) is 54.6 Å². The van der Waals surface area contributed by atoms with Crippen LogP contribution in [0.3, 0.4) is 0 Å². The number of anilines is 1. The molecular weight excluding hydrogens is 596 g/mol. The molecule has 0 aliphatic rings. The second kappa shape index (κ2) is 12.6. The molecule has 1 atom stereocenters. The van der Waals surface area contributed by atoms with E-state index >= 15 is 0 Å². The molecule has 0 bridgehead atoms. The molecule has 0 fully saturated rings. The van der Waals surface area contributed by atoms with Gasteiger partial charge in [-0.15, -0.1) is 0 Å². The van der Waals surface area contributed by atoms with Crippen LogP contribution in [0.25, 0.3) is 22.0 Å². The molecular formula is C36H24F4N4O2. The largest absolute Gasteiger partial charge is 0.416 e. The van der Waals surface area contributed by atoms with Crippen LogP contribution >= 0.6 is 0 Å². The van der Waals surface area contributed by atoms with Crippen LogP contribution in [-0.2, 0) is 6.18 Å². The number of alkyl halides is 3. The lowest BCUT2D eigenvalue weighted by atomic mass is 9.98. The maximum absolute atomic E-state index is 13.6. The molecule has 6 aromatic rings. The van der Waals surface area contributed by atoms with E-state index in [0.29, 0.717) is 39.0 Å². The number of fused-ring (bicyclic) bond motifs is 1. The number of hydrogen-bond donors (Lipinski definition) is 2. The van der Waals surface area contributed by atoms with Crippen LogP contribution in [0.5, 0.6) is 0 Å². The van der Waals surface area contributed by atoms with Crippen LogP contribution in [0.2, 0.25) is 0 Å². The third-order valence-electron chi connectivity index (χ3n) is 7.36. The number of amides is 2. The predicted molar refractivity (Wildman–Crippen MR) is 167 cm³/mol. The molecule has 0 spiro atoms. The molecule has 4 aromatic carbocycles. The number of pyridine rings is 2. The molecule has 0 radical (unpaired) electrons. The Kier molecular flexibility index (Phi) is 8.26. The summed E-state index contributed by atoms with van der Waals surface area (Å²) in [6.07, 6.45) is -1.43. The fourth-order valence-corrected chi connectivity index (χ4v) is 5.04. The summed E-state index contributed by atoms with van der Waals surface area (Å²) in [6, 6.07) is 28.5. The van der Waals surface area contributed by atoms with E-state index in [1.165, 1.54) is 30.5 Å². The molecule has 0 unspecified atom stereocenters. The van der Waals surface area contributed by atoms with E-state index in [1.807, 2.05) is 0 Å². The Morgan fingerprint density at radius 1 is 0.739 bits per heavy atom. The molecule has 46 heavy (non-hydrogen) atoms. The Morgan fingerprint density at radius 2 is 1.48 bits per heavy atom. The highest BCUT2D eigenvalue weighted by Gasteiger charge is 2.30. The average molecular weight is 621 g/mol. The molecule has 0 aliphatic carbocycles. The average Bonchev–Trinajstić information content (AvgIpc) is 3.07. The third kappa shape index (κ3) is 6.61. The van der Waals surface area contributed by atoms with E-state index < -0.39 is 35.4 Å². The summed E-state index contributed by atoms with van der Waals surface area (Å²) in [5, 5.41) is 6.43. The standard InChI is InChI=1S/C36H24F4N4O2/c37-27-15-10-23(11-16-27)33(31-7-3-4-18-41-31)44-34(45)25-19-24-12-17-28(20-32(24)42-21-25)43-35(46)30-6-2-1-5-29(30)22-8-13-26(14-9-22)36(38,39)40/h1-21,33H,(H,43,46)(H,44,45)/t33-/m0/s1. The van der Waals surface area contributed by atoms with Crippen molar-refractivity contribution in [2.45, 2.75) is 12.2 Å². The molecule has 10 heteroatoms. The summed E-state index contributed by atoms with van der Waals surface area (Å²) >= 11 is 0. The highest BCUT2D eigenvalue weighted by atomic mass is 19.4. The smallest absolute Gasteiger partial charge is 0.339 e. The minimum atomic E-state index is -4.46. The lowest BCUT2D eigenvalue weighted by molar-refractivity contribution is -0.137. The minimum Gasteiger partial charge on any atom is -0.339 e. The molecule has 2 aromatic heterocycles. The van der Waals surface area contributed by atoms with Crippen LogP contribution in [-0.4, -0.2) is 21.8 Å². The van der Waals surface area contributed by atoms with Gasteiger partial charge in [-0.25, -0.2) is 4.39 Å². The first-order valence-corrected chi connectivity index (χ1v) is 14.1. The van der Waals surface area contributed by atoms with Crippen molar-refractivity contribution in [2.24, 2.45) is 0 Å². The summed E-state index contributed by atoms with van der Waals surface area (Å²) in [4.78, 5) is 35.4. The van der Waals surface area contributed by atoms with E-state index in [2.05, 4.69) is 20.6 Å². The van der Waals surface area contributed by atoms with E-state index in [0.717, 1.165) is 12.1 Å². The van der Waals surface area contributed by atoms with Gasteiger partial charge in [-0.05, 0) is 77.4 Å². The van der Waals surface area contributed by atoms with Gasteiger partial charge in [0.2, 0.25) is 0 Å². The Labute approximate surface area is 260 Å². The normalized spacial score (nSPS) is 12.0. The molecule has 2 N–H and O–H groups in total. The Balaban J connectivity index is 1.20. The molecule has 2 heterocycles. The van der Waals surface area contributed by atoms with Crippen LogP contribution in [0.1, 0.15) is 43.6 Å². The second-order valence-corrected chi connectivity index (χ2v) is 10.4. The molecule has 0 aliphatic heterocycles. The number of carbonyl (C=O) groups excluding carboxylic acids is 2. The summed E-state index contributed by atoms with van der Waals surface area (Å²) in [7, 11) is 0. The van der Waals surface area contributed by atoms with Crippen molar-refractivity contribution in [1.82, 2.24) is 15.3 Å². The van der Waals surface area contributed by atoms with Crippen molar-refractivity contribution >= 4 is 28.4 Å². The number of hydrogen-bond acceptors (Lipinski definition) is 4. The highest BCUT2D eigenvalue weighted by Crippen LogP contribution is 2.32. The van der Waals surface area contributed by atoms with E-state index in [1.54, 1.807) is 85.1 Å². The van der Waals surface area contributed by atoms with Gasteiger partial charge in [0.05, 0.1) is 28.4 Å². The second-order valence-electron chi connectivity index (χ2n) is 10.4. The summed E-state index contributed by atoms with van der Waals surface area (Å²) < 4.78 is 52.7. The molecule has 6 rings (SSSR count). The first-order valence-electron chi connectivity index (χ1n) is 14.1. The fraction of sp³-hybridized carbons (Fsp3) is 0.0556. The number of rotatable bonds is 7. The summed E-state index contributed by atoms with van der Waals surface area (Å²) in [6.45, 7) is 0. The maximum Gasteiger partial charge on any atom is 0.416 e. The van der Waals surface area contributed by atoms with Crippen LogP contribution in [0, 0.1) is 5.82 Å². The Morgan fingerprint density at radius 3 is 2.20 bits per heavy atom. The highest BCUT2D eigenvalue weighted by molar-refractivity contribution is 6.09.